The predicted molar refractivity (Wildman–Crippen MR) is 87.8 cm³/mol. The summed E-state index contributed by atoms with van der Waals surface area (Å²) < 4.78 is 10.2. The molecule has 0 amide bonds. The molecule has 5 heteroatoms. The average Bonchev–Trinajstić information content (AvgIpc) is 2.64. The van der Waals surface area contributed by atoms with Gasteiger partial charge in [-0.25, -0.2) is 4.79 Å². The van der Waals surface area contributed by atoms with Crippen LogP contribution in [0.15, 0.2) is 48.5 Å². The fourth-order valence-electron chi connectivity index (χ4n) is 1.97. The average molecular weight is 323 g/mol. The van der Waals surface area contributed by atoms with Crippen molar-refractivity contribution in [3.05, 3.63) is 65.2 Å². The van der Waals surface area contributed by atoms with Crippen LogP contribution in [0.1, 0.15) is 28.4 Å². The molecule has 0 radical (unpaired) electrons. The fraction of sp³-hybridized carbons (Fsp3) is 0.211. The summed E-state index contributed by atoms with van der Waals surface area (Å²) >= 11 is 0. The maximum Gasteiger partial charge on any atom is 0.344 e. The molecule has 0 heterocycles. The van der Waals surface area contributed by atoms with Crippen LogP contribution in [0.4, 0.5) is 0 Å². The van der Waals surface area contributed by atoms with Gasteiger partial charge in [0.15, 0.2) is 19.0 Å². The van der Waals surface area contributed by atoms with Crippen LogP contribution in [0.25, 0.3) is 0 Å². The Labute approximate surface area is 140 Å². The van der Waals surface area contributed by atoms with Gasteiger partial charge in [-0.2, -0.15) is 5.26 Å². The first-order valence-corrected chi connectivity index (χ1v) is 7.53. The maximum absolute atomic E-state index is 11.9. The number of hydrogen-bond donors (Lipinski definition) is 0. The van der Waals surface area contributed by atoms with E-state index >= 15 is 0 Å². The van der Waals surface area contributed by atoms with Gasteiger partial charge in [0, 0.05) is 5.56 Å². The first-order chi connectivity index (χ1) is 11.6. The Kier molecular flexibility index (Phi) is 6.09. The summed E-state index contributed by atoms with van der Waals surface area (Å²) in [6.07, 6.45) is 0.899. The van der Waals surface area contributed by atoms with Gasteiger partial charge in [0.1, 0.15) is 5.75 Å². The third-order valence-electron chi connectivity index (χ3n) is 3.39. The van der Waals surface area contributed by atoms with Crippen LogP contribution in [0, 0.1) is 11.3 Å². The molecular formula is C19H17NO4. The van der Waals surface area contributed by atoms with E-state index < -0.39 is 5.97 Å². The highest BCUT2D eigenvalue weighted by Gasteiger charge is 2.10. The molecule has 5 nitrogen and oxygen atoms in total. The quantitative estimate of drug-likeness (QED) is 0.578. The van der Waals surface area contributed by atoms with Crippen LogP contribution < -0.4 is 4.74 Å². The second kappa shape index (κ2) is 8.49. The summed E-state index contributed by atoms with van der Waals surface area (Å²) in [4.78, 5) is 23.6. The van der Waals surface area contributed by atoms with Crippen molar-refractivity contribution in [1.82, 2.24) is 0 Å². The summed E-state index contributed by atoms with van der Waals surface area (Å²) in [5, 5.41) is 8.69. The third-order valence-corrected chi connectivity index (χ3v) is 3.39. The van der Waals surface area contributed by atoms with E-state index in [0.717, 1.165) is 12.0 Å². The molecule has 2 aromatic carbocycles. The smallest absolute Gasteiger partial charge is 0.344 e. The maximum atomic E-state index is 11.9. The molecule has 0 aliphatic heterocycles. The molecule has 0 bridgehead atoms. The van der Waals surface area contributed by atoms with E-state index in [9.17, 15) is 9.59 Å². The SMILES string of the molecule is CCc1ccc(C(=O)COC(=O)COc2ccc(C#N)cc2)cc1. The summed E-state index contributed by atoms with van der Waals surface area (Å²) in [6.45, 7) is 1.42. The minimum Gasteiger partial charge on any atom is -0.482 e. The van der Waals surface area contributed by atoms with Gasteiger partial charge in [-0.1, -0.05) is 31.2 Å². The third kappa shape index (κ3) is 4.96. The van der Waals surface area contributed by atoms with Crippen LogP contribution in [0.2, 0.25) is 0 Å². The molecule has 122 valence electrons. The van der Waals surface area contributed by atoms with Gasteiger partial charge in [-0.15, -0.1) is 0 Å². The molecule has 0 spiro atoms. The number of esters is 1. The minimum atomic E-state index is -0.627. The van der Waals surface area contributed by atoms with Gasteiger partial charge in [-0.05, 0) is 36.2 Å². The van der Waals surface area contributed by atoms with Crippen LogP contribution in [-0.2, 0) is 16.0 Å². The number of benzene rings is 2. The van der Waals surface area contributed by atoms with Gasteiger partial charge in [0.25, 0.3) is 0 Å². The zero-order chi connectivity index (χ0) is 17.4. The van der Waals surface area contributed by atoms with Gasteiger partial charge in [-0.3, -0.25) is 4.79 Å². The molecule has 0 saturated heterocycles. The van der Waals surface area contributed by atoms with E-state index in [0.29, 0.717) is 16.9 Å². The number of nitriles is 1. The molecule has 0 N–H and O–H groups in total. The fourth-order valence-corrected chi connectivity index (χ4v) is 1.97. The molecule has 0 aliphatic carbocycles. The molecule has 0 aliphatic rings. The van der Waals surface area contributed by atoms with Crippen molar-refractivity contribution in [3.8, 4) is 11.8 Å². The van der Waals surface area contributed by atoms with Crippen LogP contribution in [0.3, 0.4) is 0 Å². The lowest BCUT2D eigenvalue weighted by Gasteiger charge is -2.07. The number of aryl methyl sites for hydroxylation is 1. The summed E-state index contributed by atoms with van der Waals surface area (Å²) in [5.74, 6) is -0.435. The lowest BCUT2D eigenvalue weighted by molar-refractivity contribution is -0.144. The highest BCUT2D eigenvalue weighted by Crippen LogP contribution is 2.11. The minimum absolute atomic E-state index is 0.260. The van der Waals surface area contributed by atoms with Gasteiger partial charge in [0.05, 0.1) is 11.6 Å². The topological polar surface area (TPSA) is 76.4 Å². The Morgan fingerprint density at radius 1 is 1.00 bits per heavy atom. The first kappa shape index (κ1) is 17.2. The van der Waals surface area contributed by atoms with Crippen LogP contribution >= 0.6 is 0 Å². The normalized spacial score (nSPS) is 9.83. The molecular weight excluding hydrogens is 306 g/mol. The second-order valence-corrected chi connectivity index (χ2v) is 5.06. The largest absolute Gasteiger partial charge is 0.482 e. The number of ketones is 1. The molecule has 2 aromatic rings. The van der Waals surface area contributed by atoms with Crippen LogP contribution in [0.5, 0.6) is 5.75 Å². The molecule has 0 atom stereocenters. The second-order valence-electron chi connectivity index (χ2n) is 5.06. The van der Waals surface area contributed by atoms with E-state index in [-0.39, 0.29) is 19.0 Å². The Hall–Kier alpha value is -3.13. The number of Topliss-reactive ketones (excluding diaryl/α,β-unsaturated/α-hetero) is 1. The molecule has 2 rings (SSSR count). The van der Waals surface area contributed by atoms with Crippen molar-refractivity contribution in [3.63, 3.8) is 0 Å². The Morgan fingerprint density at radius 2 is 1.67 bits per heavy atom. The van der Waals surface area contributed by atoms with Gasteiger partial charge < -0.3 is 9.47 Å². The van der Waals surface area contributed by atoms with E-state index in [1.807, 2.05) is 25.1 Å². The van der Waals surface area contributed by atoms with Gasteiger partial charge >= 0.3 is 5.97 Å². The molecule has 0 unspecified atom stereocenters. The highest BCUT2D eigenvalue weighted by molar-refractivity contribution is 5.98. The molecule has 24 heavy (non-hydrogen) atoms. The standard InChI is InChI=1S/C19H17NO4/c1-2-14-3-7-16(8-4-14)18(21)12-24-19(22)13-23-17-9-5-15(11-20)6-10-17/h3-10H,2,12-13H2,1H3. The summed E-state index contributed by atoms with van der Waals surface area (Å²) in [5.41, 5.74) is 2.15. The van der Waals surface area contributed by atoms with Gasteiger partial charge in [0.2, 0.25) is 0 Å². The lowest BCUT2D eigenvalue weighted by atomic mass is 10.1. The molecule has 0 saturated carbocycles. The monoisotopic (exact) mass is 323 g/mol. The summed E-state index contributed by atoms with van der Waals surface area (Å²) in [7, 11) is 0. The Balaban J connectivity index is 1.77. The number of ether oxygens (including phenoxy) is 2. The number of nitrogens with zero attached hydrogens (tertiary/aromatic N) is 1. The van der Waals surface area contributed by atoms with Crippen LogP contribution in [-0.4, -0.2) is 25.0 Å². The van der Waals surface area contributed by atoms with E-state index in [1.165, 1.54) is 0 Å². The Morgan fingerprint density at radius 3 is 2.25 bits per heavy atom. The van der Waals surface area contributed by atoms with Crippen molar-refractivity contribution in [2.24, 2.45) is 0 Å². The number of carbonyl (C=O) groups excluding carboxylic acids is 2. The van der Waals surface area contributed by atoms with Crippen molar-refractivity contribution in [2.45, 2.75) is 13.3 Å². The lowest BCUT2D eigenvalue weighted by Crippen LogP contribution is -2.19. The number of hydrogen-bond acceptors (Lipinski definition) is 5. The predicted octanol–water partition coefficient (Wildman–Crippen LogP) is 2.93. The van der Waals surface area contributed by atoms with E-state index in [1.54, 1.807) is 36.4 Å². The van der Waals surface area contributed by atoms with E-state index in [2.05, 4.69) is 0 Å². The molecule has 0 fully saturated rings. The first-order valence-electron chi connectivity index (χ1n) is 7.53. The number of rotatable bonds is 7. The van der Waals surface area contributed by atoms with Crippen molar-refractivity contribution >= 4 is 11.8 Å². The summed E-state index contributed by atoms with van der Waals surface area (Å²) in [6, 6.07) is 15.5. The number of carbonyl (C=O) groups is 2. The van der Waals surface area contributed by atoms with E-state index in [4.69, 9.17) is 14.7 Å². The Bertz CT molecular complexity index is 742. The highest BCUT2D eigenvalue weighted by atomic mass is 16.6. The zero-order valence-electron chi connectivity index (χ0n) is 13.3. The van der Waals surface area contributed by atoms with Crippen molar-refractivity contribution in [2.75, 3.05) is 13.2 Å². The molecule has 0 aromatic heterocycles. The van der Waals surface area contributed by atoms with Crippen molar-refractivity contribution < 1.29 is 19.1 Å². The van der Waals surface area contributed by atoms with Crippen molar-refractivity contribution in [1.29, 1.82) is 5.26 Å². The zero-order valence-corrected chi connectivity index (χ0v) is 13.3.